The summed E-state index contributed by atoms with van der Waals surface area (Å²) in [5.74, 6) is 0. The van der Waals surface area contributed by atoms with Gasteiger partial charge in [0.2, 0.25) is 0 Å². The summed E-state index contributed by atoms with van der Waals surface area (Å²) in [6.07, 6.45) is -3.35. The first-order valence-electron chi connectivity index (χ1n) is 3.91. The molecule has 0 spiro atoms. The highest BCUT2D eigenvalue weighted by Crippen LogP contribution is 2.26. The van der Waals surface area contributed by atoms with Crippen LogP contribution in [0.5, 0.6) is 0 Å². The van der Waals surface area contributed by atoms with Crippen LogP contribution < -0.4 is 0 Å². The molecule has 1 unspecified atom stereocenters. The van der Waals surface area contributed by atoms with E-state index in [2.05, 4.69) is 0 Å². The summed E-state index contributed by atoms with van der Waals surface area (Å²) in [5.41, 5.74) is 0. The smallest absolute Gasteiger partial charge is 0.186 e. The minimum Gasteiger partial charge on any atom is -0.394 e. The number of halogens is 1. The van der Waals surface area contributed by atoms with Crippen molar-refractivity contribution >= 4 is 22.6 Å². The Balaban J connectivity index is 2.66. The number of hydrogen-bond donors (Lipinski definition) is 3. The molecular weight excluding hydrogens is 288 g/mol. The van der Waals surface area contributed by atoms with Gasteiger partial charge in [-0.15, -0.1) is 0 Å². The van der Waals surface area contributed by atoms with Gasteiger partial charge in [0.15, 0.2) is 6.29 Å². The summed E-state index contributed by atoms with van der Waals surface area (Å²) in [6.45, 7) is -0.197. The third kappa shape index (κ3) is 2.31. The van der Waals surface area contributed by atoms with Gasteiger partial charge in [0.1, 0.15) is 6.10 Å². The van der Waals surface area contributed by atoms with Gasteiger partial charge in [-0.25, -0.2) is 0 Å². The molecule has 1 aliphatic heterocycles. The lowest BCUT2D eigenvalue weighted by atomic mass is 10.0. The molecule has 1 heterocycles. The SMILES string of the molecule is COC1O[C@H](CO)[C@H]([124I])[C@H](O)[C@H]1O. The molecule has 78 valence electrons. The molecular formula is C7H13IO5. The van der Waals surface area contributed by atoms with E-state index in [1.54, 1.807) is 0 Å². The fourth-order valence-corrected chi connectivity index (χ4v) is 2.06. The number of rotatable bonds is 2. The van der Waals surface area contributed by atoms with Crippen molar-refractivity contribution in [1.29, 1.82) is 0 Å². The zero-order valence-corrected chi connectivity index (χ0v) is 9.29. The summed E-state index contributed by atoms with van der Waals surface area (Å²) < 4.78 is 9.67. The zero-order chi connectivity index (χ0) is 10.0. The quantitative estimate of drug-likeness (QED) is 0.445. The first-order chi connectivity index (χ1) is 6.11. The van der Waals surface area contributed by atoms with Crippen LogP contribution in [-0.4, -0.2) is 57.6 Å². The van der Waals surface area contributed by atoms with E-state index in [0.29, 0.717) is 0 Å². The Morgan fingerprint density at radius 3 is 2.46 bits per heavy atom. The minimum atomic E-state index is -1.06. The second-order valence-electron chi connectivity index (χ2n) is 2.89. The molecule has 0 aromatic heterocycles. The first kappa shape index (κ1) is 11.6. The molecule has 0 aromatic carbocycles. The Hall–Kier alpha value is 0.530. The van der Waals surface area contributed by atoms with Crippen molar-refractivity contribution in [3.8, 4) is 0 Å². The summed E-state index contributed by atoms with van der Waals surface area (Å²) in [7, 11) is 1.38. The lowest BCUT2D eigenvalue weighted by Crippen LogP contribution is -2.56. The average Bonchev–Trinajstić information content (AvgIpc) is 2.15. The number of alkyl halides is 1. The van der Waals surface area contributed by atoms with E-state index < -0.39 is 24.6 Å². The van der Waals surface area contributed by atoms with Crippen LogP contribution in [-0.2, 0) is 9.47 Å². The Labute approximate surface area is 89.8 Å². The molecule has 0 saturated carbocycles. The highest BCUT2D eigenvalue weighted by Gasteiger charge is 2.42. The second kappa shape index (κ2) is 4.85. The molecule has 0 amide bonds. The molecule has 1 fully saturated rings. The van der Waals surface area contributed by atoms with Crippen molar-refractivity contribution < 1.29 is 24.8 Å². The molecule has 5 nitrogen and oxygen atoms in total. The van der Waals surface area contributed by atoms with Crippen LogP contribution in [0.25, 0.3) is 0 Å². The van der Waals surface area contributed by atoms with Crippen molar-refractivity contribution in [1.82, 2.24) is 0 Å². The van der Waals surface area contributed by atoms with Crippen molar-refractivity contribution in [2.45, 2.75) is 28.5 Å². The van der Waals surface area contributed by atoms with Crippen molar-refractivity contribution in [2.24, 2.45) is 0 Å². The van der Waals surface area contributed by atoms with E-state index in [1.165, 1.54) is 7.11 Å². The van der Waals surface area contributed by atoms with Crippen molar-refractivity contribution in [2.75, 3.05) is 13.7 Å². The normalized spacial score (nSPS) is 46.4. The molecule has 0 bridgehead atoms. The maximum absolute atomic E-state index is 9.52. The van der Waals surface area contributed by atoms with Gasteiger partial charge in [-0.05, 0) is 0 Å². The van der Waals surface area contributed by atoms with Crippen molar-refractivity contribution in [3.63, 3.8) is 0 Å². The molecule has 3 N–H and O–H groups in total. The molecule has 1 aliphatic rings. The summed E-state index contributed by atoms with van der Waals surface area (Å²) in [6, 6.07) is 0. The summed E-state index contributed by atoms with van der Waals surface area (Å²) >= 11 is 1.94. The Morgan fingerprint density at radius 1 is 1.38 bits per heavy atom. The standard InChI is InChI=1S/C7H13IO5/c1-12-7-6(11)5(10)4(8)3(2-9)13-7/h3-7,9-11H,2H2,1H3/t3-,4+,5+,6-,7?/m1/s1/i8-3. The van der Waals surface area contributed by atoms with Gasteiger partial charge in [-0.3, -0.25) is 0 Å². The monoisotopic (exact) mass is 301 g/mol. The number of hydrogen-bond acceptors (Lipinski definition) is 5. The average molecular weight is 301 g/mol. The number of ether oxygens (including phenoxy) is 2. The van der Waals surface area contributed by atoms with E-state index in [4.69, 9.17) is 14.6 Å². The maximum Gasteiger partial charge on any atom is 0.186 e. The molecule has 0 aromatic rings. The van der Waals surface area contributed by atoms with Gasteiger partial charge in [0.05, 0.1) is 22.7 Å². The molecule has 1 saturated heterocycles. The van der Waals surface area contributed by atoms with Gasteiger partial charge in [-0.1, -0.05) is 22.6 Å². The Bertz CT molecular complexity index is 147. The van der Waals surface area contributed by atoms with Crippen LogP contribution in [0.1, 0.15) is 0 Å². The van der Waals surface area contributed by atoms with Crippen LogP contribution in [0.15, 0.2) is 0 Å². The number of methoxy groups -OCH3 is 1. The van der Waals surface area contributed by atoms with Crippen LogP contribution in [0.2, 0.25) is 0 Å². The second-order valence-corrected chi connectivity index (χ2v) is 4.33. The summed E-state index contributed by atoms with van der Waals surface area (Å²) in [4.78, 5) is 0. The lowest BCUT2D eigenvalue weighted by molar-refractivity contribution is -0.257. The predicted octanol–water partition coefficient (Wildman–Crippen LogP) is -1.12. The van der Waals surface area contributed by atoms with Crippen LogP contribution in [0.4, 0.5) is 0 Å². The number of aliphatic hydroxyl groups excluding tert-OH is 3. The number of aliphatic hydroxyl groups is 3. The molecule has 6 heteroatoms. The topological polar surface area (TPSA) is 79.2 Å². The van der Waals surface area contributed by atoms with E-state index in [9.17, 15) is 10.2 Å². The molecule has 5 atom stereocenters. The third-order valence-electron chi connectivity index (χ3n) is 2.03. The van der Waals surface area contributed by atoms with Gasteiger partial charge < -0.3 is 24.8 Å². The Kier molecular flexibility index (Phi) is 4.33. The minimum absolute atomic E-state index is 0.197. The van der Waals surface area contributed by atoms with Gasteiger partial charge in [0.25, 0.3) is 0 Å². The zero-order valence-electron chi connectivity index (χ0n) is 7.13. The molecule has 1 rings (SSSR count). The van der Waals surface area contributed by atoms with E-state index in [-0.39, 0.29) is 10.5 Å². The summed E-state index contributed by atoms with van der Waals surface area (Å²) in [5, 5.41) is 27.9. The third-order valence-corrected chi connectivity index (χ3v) is 3.57. The van der Waals surface area contributed by atoms with Crippen LogP contribution >= 0.6 is 22.6 Å². The molecule has 13 heavy (non-hydrogen) atoms. The van der Waals surface area contributed by atoms with Crippen LogP contribution in [0.3, 0.4) is 0 Å². The van der Waals surface area contributed by atoms with Crippen LogP contribution in [0, 0.1) is 0 Å². The first-order valence-corrected chi connectivity index (χ1v) is 5.15. The van der Waals surface area contributed by atoms with Gasteiger partial charge in [-0.2, -0.15) is 0 Å². The van der Waals surface area contributed by atoms with Gasteiger partial charge >= 0.3 is 0 Å². The van der Waals surface area contributed by atoms with Gasteiger partial charge in [0, 0.05) is 7.11 Å². The van der Waals surface area contributed by atoms with E-state index in [0.717, 1.165) is 0 Å². The predicted molar refractivity (Wildman–Crippen MR) is 52.6 cm³/mol. The van der Waals surface area contributed by atoms with E-state index >= 15 is 0 Å². The largest absolute Gasteiger partial charge is 0.394 e. The Morgan fingerprint density at radius 2 is 2.00 bits per heavy atom. The molecule has 0 radical (unpaired) electrons. The highest BCUT2D eigenvalue weighted by molar-refractivity contribution is 14.1. The maximum atomic E-state index is 9.52. The lowest BCUT2D eigenvalue weighted by Gasteiger charge is -2.39. The fraction of sp³-hybridized carbons (Fsp3) is 1.00. The molecule has 0 aliphatic carbocycles. The van der Waals surface area contributed by atoms with E-state index in [1.807, 2.05) is 22.6 Å². The highest BCUT2D eigenvalue weighted by atomic mass is 124. The fourth-order valence-electron chi connectivity index (χ4n) is 1.24. The van der Waals surface area contributed by atoms with Crippen molar-refractivity contribution in [3.05, 3.63) is 0 Å².